The van der Waals surface area contributed by atoms with E-state index in [4.69, 9.17) is 9.47 Å². The lowest BCUT2D eigenvalue weighted by molar-refractivity contribution is -0.139. The van der Waals surface area contributed by atoms with Crippen LogP contribution in [-0.2, 0) is 9.59 Å². The number of ketones is 1. The smallest absolute Gasteiger partial charge is 0.295 e. The second kappa shape index (κ2) is 9.90. The molecule has 1 amide bonds. The zero-order valence-electron chi connectivity index (χ0n) is 19.3. The number of rotatable bonds is 8. The van der Waals surface area contributed by atoms with Crippen molar-refractivity contribution in [3.63, 3.8) is 0 Å². The van der Waals surface area contributed by atoms with Crippen LogP contribution in [0.15, 0.2) is 48.0 Å². The molecule has 0 spiro atoms. The molecule has 3 rings (SSSR count). The molecule has 1 heterocycles. The summed E-state index contributed by atoms with van der Waals surface area (Å²) in [5, 5.41) is 11.3. The molecule has 2 aromatic rings. The van der Waals surface area contributed by atoms with Crippen LogP contribution >= 0.6 is 0 Å². The van der Waals surface area contributed by atoms with E-state index in [1.54, 1.807) is 31.4 Å². The van der Waals surface area contributed by atoms with Crippen molar-refractivity contribution < 1.29 is 24.2 Å². The molecule has 0 aliphatic carbocycles. The van der Waals surface area contributed by atoms with Gasteiger partial charge in [0.2, 0.25) is 0 Å². The van der Waals surface area contributed by atoms with Crippen LogP contribution in [0.1, 0.15) is 62.8 Å². The Balaban J connectivity index is 2.20. The van der Waals surface area contributed by atoms with Crippen molar-refractivity contribution in [1.29, 1.82) is 0 Å². The van der Waals surface area contributed by atoms with Crippen LogP contribution in [-0.4, -0.2) is 42.0 Å². The standard InChI is InChI=1S/C26H31NO5/c1-6-13-27-23(17-9-8-10-19(14-17)31-5)22(25(29)26(27)30)24(28)18-11-12-21(32-7-2)20(15-18)16(3)4/h8-12,14-16,23,28H,6-7,13H2,1-5H3/b24-22-. The Kier molecular flexibility index (Phi) is 7.23. The maximum absolute atomic E-state index is 13.1. The van der Waals surface area contributed by atoms with Gasteiger partial charge in [0.1, 0.15) is 17.3 Å². The lowest BCUT2D eigenvalue weighted by Crippen LogP contribution is -2.30. The Morgan fingerprint density at radius 2 is 1.88 bits per heavy atom. The molecule has 1 fully saturated rings. The number of carbonyl (C=O) groups excluding carboxylic acids is 2. The van der Waals surface area contributed by atoms with E-state index in [1.807, 2.05) is 45.9 Å². The number of carbonyl (C=O) groups is 2. The third-order valence-electron chi connectivity index (χ3n) is 5.62. The van der Waals surface area contributed by atoms with Crippen molar-refractivity contribution >= 4 is 17.4 Å². The summed E-state index contributed by atoms with van der Waals surface area (Å²) < 4.78 is 11.1. The van der Waals surface area contributed by atoms with E-state index >= 15 is 0 Å². The van der Waals surface area contributed by atoms with E-state index in [0.717, 1.165) is 11.3 Å². The molecule has 1 N–H and O–H groups in total. The molecule has 0 bridgehead atoms. The van der Waals surface area contributed by atoms with Crippen LogP contribution in [0.3, 0.4) is 0 Å². The summed E-state index contributed by atoms with van der Waals surface area (Å²) in [7, 11) is 1.56. The Hall–Kier alpha value is -3.28. The number of ether oxygens (including phenoxy) is 2. The highest BCUT2D eigenvalue weighted by molar-refractivity contribution is 6.46. The molecule has 1 atom stereocenters. The van der Waals surface area contributed by atoms with Gasteiger partial charge in [-0.05, 0) is 60.7 Å². The summed E-state index contributed by atoms with van der Waals surface area (Å²) in [6.07, 6.45) is 0.689. The zero-order valence-corrected chi connectivity index (χ0v) is 19.3. The van der Waals surface area contributed by atoms with Crippen molar-refractivity contribution in [2.75, 3.05) is 20.3 Å². The first-order valence-corrected chi connectivity index (χ1v) is 11.0. The topological polar surface area (TPSA) is 76.1 Å². The summed E-state index contributed by atoms with van der Waals surface area (Å²) in [4.78, 5) is 27.5. The second-order valence-electron chi connectivity index (χ2n) is 8.11. The van der Waals surface area contributed by atoms with Gasteiger partial charge in [0.25, 0.3) is 11.7 Å². The zero-order chi connectivity index (χ0) is 23.4. The molecule has 2 aromatic carbocycles. The third kappa shape index (κ3) is 4.35. The summed E-state index contributed by atoms with van der Waals surface area (Å²) >= 11 is 0. The predicted octanol–water partition coefficient (Wildman–Crippen LogP) is 5.05. The highest BCUT2D eigenvalue weighted by Gasteiger charge is 2.45. The number of hydrogen-bond donors (Lipinski definition) is 1. The summed E-state index contributed by atoms with van der Waals surface area (Å²) in [5.41, 5.74) is 2.22. The Bertz CT molecular complexity index is 1040. The number of methoxy groups -OCH3 is 1. The Morgan fingerprint density at radius 1 is 1.12 bits per heavy atom. The molecule has 1 aliphatic rings. The number of aliphatic hydroxyl groups excluding tert-OH is 1. The van der Waals surface area contributed by atoms with Gasteiger partial charge in [-0.25, -0.2) is 0 Å². The first kappa shape index (κ1) is 23.4. The molecule has 0 saturated carbocycles. The van der Waals surface area contributed by atoms with Crippen LogP contribution in [0.4, 0.5) is 0 Å². The number of Topliss-reactive ketones (excluding diaryl/α,β-unsaturated/α-hetero) is 1. The summed E-state index contributed by atoms with van der Waals surface area (Å²) in [6, 6.07) is 11.9. The summed E-state index contributed by atoms with van der Waals surface area (Å²) in [5.74, 6) is 0.0586. The molecule has 0 radical (unpaired) electrons. The van der Waals surface area contributed by atoms with Crippen LogP contribution < -0.4 is 9.47 Å². The number of hydrogen-bond acceptors (Lipinski definition) is 5. The minimum absolute atomic E-state index is 0.0931. The van der Waals surface area contributed by atoms with E-state index in [1.165, 1.54) is 4.90 Å². The second-order valence-corrected chi connectivity index (χ2v) is 8.11. The van der Waals surface area contributed by atoms with Gasteiger partial charge in [-0.3, -0.25) is 9.59 Å². The molecule has 6 nitrogen and oxygen atoms in total. The van der Waals surface area contributed by atoms with E-state index in [9.17, 15) is 14.7 Å². The molecule has 6 heteroatoms. The van der Waals surface area contributed by atoms with Gasteiger partial charge in [0.15, 0.2) is 0 Å². The molecule has 1 unspecified atom stereocenters. The van der Waals surface area contributed by atoms with Gasteiger partial charge in [0.05, 0.1) is 25.3 Å². The van der Waals surface area contributed by atoms with E-state index in [0.29, 0.717) is 36.4 Å². The van der Waals surface area contributed by atoms with Gasteiger partial charge in [-0.2, -0.15) is 0 Å². The van der Waals surface area contributed by atoms with Gasteiger partial charge >= 0.3 is 0 Å². The minimum Gasteiger partial charge on any atom is -0.507 e. The number of benzene rings is 2. The predicted molar refractivity (Wildman–Crippen MR) is 124 cm³/mol. The first-order chi connectivity index (χ1) is 15.3. The fraction of sp³-hybridized carbons (Fsp3) is 0.385. The van der Waals surface area contributed by atoms with Crippen LogP contribution in [0.25, 0.3) is 5.76 Å². The minimum atomic E-state index is -0.681. The number of likely N-dealkylation sites (tertiary alicyclic amines) is 1. The van der Waals surface area contributed by atoms with Gasteiger partial charge < -0.3 is 19.5 Å². The molecular formula is C26H31NO5. The fourth-order valence-electron chi connectivity index (χ4n) is 4.10. The number of aliphatic hydroxyl groups is 1. The number of amides is 1. The quantitative estimate of drug-likeness (QED) is 0.355. The lowest BCUT2D eigenvalue weighted by Gasteiger charge is -2.25. The fourth-order valence-corrected chi connectivity index (χ4v) is 4.10. The molecule has 170 valence electrons. The van der Waals surface area contributed by atoms with E-state index in [2.05, 4.69) is 0 Å². The van der Waals surface area contributed by atoms with Crippen molar-refractivity contribution in [2.24, 2.45) is 0 Å². The Labute approximate surface area is 189 Å². The highest BCUT2D eigenvalue weighted by atomic mass is 16.5. The highest BCUT2D eigenvalue weighted by Crippen LogP contribution is 2.41. The molecule has 32 heavy (non-hydrogen) atoms. The van der Waals surface area contributed by atoms with Crippen molar-refractivity contribution in [1.82, 2.24) is 4.90 Å². The van der Waals surface area contributed by atoms with Crippen molar-refractivity contribution in [3.8, 4) is 11.5 Å². The largest absolute Gasteiger partial charge is 0.507 e. The molecule has 0 aromatic heterocycles. The van der Waals surface area contributed by atoms with Crippen molar-refractivity contribution in [2.45, 2.75) is 46.1 Å². The maximum atomic E-state index is 13.1. The van der Waals surface area contributed by atoms with Crippen LogP contribution in [0, 0.1) is 0 Å². The van der Waals surface area contributed by atoms with Gasteiger partial charge in [0, 0.05) is 12.1 Å². The van der Waals surface area contributed by atoms with E-state index in [-0.39, 0.29) is 17.3 Å². The van der Waals surface area contributed by atoms with Gasteiger partial charge in [-0.15, -0.1) is 0 Å². The molecule has 1 saturated heterocycles. The van der Waals surface area contributed by atoms with Crippen LogP contribution in [0.5, 0.6) is 11.5 Å². The Morgan fingerprint density at radius 3 is 2.50 bits per heavy atom. The average Bonchev–Trinajstić information content (AvgIpc) is 3.04. The number of nitrogens with zero attached hydrogens (tertiary/aromatic N) is 1. The normalized spacial score (nSPS) is 17.8. The summed E-state index contributed by atoms with van der Waals surface area (Å²) in [6.45, 7) is 8.88. The van der Waals surface area contributed by atoms with Crippen LogP contribution in [0.2, 0.25) is 0 Å². The third-order valence-corrected chi connectivity index (χ3v) is 5.62. The SMILES string of the molecule is CCCN1C(=O)C(=O)/C(=C(\O)c2ccc(OCC)c(C(C)C)c2)C1c1cccc(OC)c1. The molecular weight excluding hydrogens is 406 g/mol. The maximum Gasteiger partial charge on any atom is 0.295 e. The van der Waals surface area contributed by atoms with E-state index < -0.39 is 17.7 Å². The average molecular weight is 438 g/mol. The van der Waals surface area contributed by atoms with Gasteiger partial charge in [-0.1, -0.05) is 32.9 Å². The molecule has 1 aliphatic heterocycles. The van der Waals surface area contributed by atoms with Crippen molar-refractivity contribution in [3.05, 3.63) is 64.7 Å². The lowest BCUT2D eigenvalue weighted by atomic mass is 9.93. The first-order valence-electron chi connectivity index (χ1n) is 11.0. The monoisotopic (exact) mass is 437 g/mol.